The van der Waals surface area contributed by atoms with Crippen LogP contribution in [0.3, 0.4) is 0 Å². The molecule has 41 heavy (non-hydrogen) atoms. The van der Waals surface area contributed by atoms with Crippen LogP contribution in [0.15, 0.2) is 41.2 Å². The highest BCUT2D eigenvalue weighted by Gasteiger charge is 2.46. The van der Waals surface area contributed by atoms with Gasteiger partial charge in [0.25, 0.3) is 0 Å². The van der Waals surface area contributed by atoms with E-state index in [4.69, 9.17) is 9.47 Å². The van der Waals surface area contributed by atoms with E-state index in [-0.39, 0.29) is 41.8 Å². The molecule has 0 N–H and O–H groups in total. The number of carbonyl (C=O) groups is 1. The minimum atomic E-state index is -0.334. The van der Waals surface area contributed by atoms with Crippen LogP contribution in [0.1, 0.15) is 64.3 Å². The lowest BCUT2D eigenvalue weighted by molar-refractivity contribution is -0.145. The summed E-state index contributed by atoms with van der Waals surface area (Å²) in [6.07, 6.45) is 2.38. The van der Waals surface area contributed by atoms with Gasteiger partial charge >= 0.3 is 11.7 Å². The molecule has 5 atom stereocenters. The first-order valence-corrected chi connectivity index (χ1v) is 14.5. The maximum absolute atomic E-state index is 12.8. The Bertz CT molecular complexity index is 1510. The summed E-state index contributed by atoms with van der Waals surface area (Å²) in [5.41, 5.74) is 2.41. The van der Waals surface area contributed by atoms with E-state index < -0.39 is 0 Å². The summed E-state index contributed by atoms with van der Waals surface area (Å²) >= 11 is 0. The van der Waals surface area contributed by atoms with Gasteiger partial charge in [0.2, 0.25) is 0 Å². The Morgan fingerprint density at radius 1 is 1.07 bits per heavy atom. The molecule has 0 spiro atoms. The van der Waals surface area contributed by atoms with Crippen LogP contribution in [0.4, 0.5) is 5.82 Å². The van der Waals surface area contributed by atoms with Crippen molar-refractivity contribution in [2.24, 2.45) is 13.0 Å². The number of anilines is 1. The Balaban J connectivity index is 1.35. The first-order chi connectivity index (χ1) is 19.8. The number of aryl methyl sites for hydroxylation is 1. The number of nitriles is 1. The zero-order chi connectivity index (χ0) is 29.3. The highest BCUT2D eigenvalue weighted by atomic mass is 16.5. The number of aromatic nitrogens is 3. The Morgan fingerprint density at radius 3 is 2.46 bits per heavy atom. The van der Waals surface area contributed by atoms with Gasteiger partial charge in [0, 0.05) is 44.7 Å². The molecule has 0 amide bonds. The number of hydrogen-bond donors (Lipinski definition) is 0. The summed E-state index contributed by atoms with van der Waals surface area (Å²) in [6.45, 7) is 10.3. The Hall–Kier alpha value is -3.97. The molecule has 10 heteroatoms. The van der Waals surface area contributed by atoms with E-state index in [2.05, 4.69) is 58.7 Å². The quantitative estimate of drug-likeness (QED) is 0.360. The van der Waals surface area contributed by atoms with E-state index in [1.807, 2.05) is 19.1 Å². The number of ether oxygens (including phenoxy) is 2. The van der Waals surface area contributed by atoms with Gasteiger partial charge in [-0.15, -0.1) is 0 Å². The van der Waals surface area contributed by atoms with Crippen LogP contribution in [-0.4, -0.2) is 63.3 Å². The van der Waals surface area contributed by atoms with Crippen molar-refractivity contribution < 1.29 is 14.3 Å². The lowest BCUT2D eigenvalue weighted by Gasteiger charge is -2.49. The smallest absolute Gasteiger partial charge is 0.349 e. The SMILES string of the molecule is CCOC(=O)[C@H]1C[C@@H]1Oc1ccc(C(C)N2C[C@H](CC)N(c3nc(=O)n(C)c4ccc(C#N)nc34)C[C@H]2CC)cc1. The second-order valence-corrected chi connectivity index (χ2v) is 10.9. The number of rotatable bonds is 9. The maximum Gasteiger partial charge on any atom is 0.349 e. The molecule has 5 rings (SSSR count). The van der Waals surface area contributed by atoms with Crippen molar-refractivity contribution in [1.82, 2.24) is 19.4 Å². The summed E-state index contributed by atoms with van der Waals surface area (Å²) in [7, 11) is 1.68. The summed E-state index contributed by atoms with van der Waals surface area (Å²) in [5.74, 6) is 0.965. The number of hydrogen-bond acceptors (Lipinski definition) is 9. The molecule has 1 aliphatic heterocycles. The fraction of sp³-hybridized carbons (Fsp3) is 0.516. The van der Waals surface area contributed by atoms with Crippen LogP contribution in [0, 0.1) is 17.2 Å². The first kappa shape index (κ1) is 28.6. The molecule has 216 valence electrons. The average molecular weight is 559 g/mol. The number of benzene rings is 1. The molecule has 2 aromatic heterocycles. The van der Waals surface area contributed by atoms with E-state index in [1.54, 1.807) is 19.2 Å². The molecule has 2 aliphatic rings. The van der Waals surface area contributed by atoms with Crippen LogP contribution < -0.4 is 15.3 Å². The van der Waals surface area contributed by atoms with Gasteiger partial charge in [-0.05, 0) is 56.5 Å². The van der Waals surface area contributed by atoms with Gasteiger partial charge in [0.15, 0.2) is 5.82 Å². The lowest BCUT2D eigenvalue weighted by Crippen LogP contribution is -2.59. The predicted molar refractivity (Wildman–Crippen MR) is 156 cm³/mol. The zero-order valence-corrected chi connectivity index (χ0v) is 24.4. The van der Waals surface area contributed by atoms with Gasteiger partial charge in [-0.3, -0.25) is 14.3 Å². The van der Waals surface area contributed by atoms with Crippen molar-refractivity contribution in [3.63, 3.8) is 0 Å². The van der Waals surface area contributed by atoms with E-state index >= 15 is 0 Å². The molecule has 3 aromatic rings. The van der Waals surface area contributed by atoms with Crippen molar-refractivity contribution in [2.45, 2.75) is 71.2 Å². The standard InChI is InChI=1S/C31H38N6O4/c1-6-22-18-37(29-28-26(35(5)31(39)34-29)14-11-21(16-32)33-28)23(7-2)17-36(22)19(4)20-9-12-24(13-10-20)41-27-15-25(27)30(38)40-8-3/h9-14,19,22-23,25,27H,6-8,15,17-18H2,1-5H3/t19?,22-,23+,25+,27+/m1/s1. The second-order valence-electron chi connectivity index (χ2n) is 10.9. The van der Waals surface area contributed by atoms with Crippen LogP contribution in [-0.2, 0) is 16.6 Å². The van der Waals surface area contributed by atoms with Gasteiger partial charge in [-0.1, -0.05) is 26.0 Å². The number of nitrogens with zero attached hydrogens (tertiary/aromatic N) is 6. The molecule has 2 fully saturated rings. The third-order valence-corrected chi connectivity index (χ3v) is 8.47. The summed E-state index contributed by atoms with van der Waals surface area (Å²) in [5, 5.41) is 9.47. The molecule has 0 radical (unpaired) electrons. The zero-order valence-electron chi connectivity index (χ0n) is 24.4. The first-order valence-electron chi connectivity index (χ1n) is 14.5. The molecule has 0 bridgehead atoms. The van der Waals surface area contributed by atoms with Gasteiger partial charge < -0.3 is 14.4 Å². The minimum Gasteiger partial charge on any atom is -0.490 e. The number of esters is 1. The van der Waals surface area contributed by atoms with E-state index in [9.17, 15) is 14.9 Å². The van der Waals surface area contributed by atoms with Crippen molar-refractivity contribution in [2.75, 3.05) is 24.6 Å². The average Bonchev–Trinajstić information content (AvgIpc) is 3.77. The van der Waals surface area contributed by atoms with Crippen molar-refractivity contribution >= 4 is 22.8 Å². The fourth-order valence-electron chi connectivity index (χ4n) is 5.88. The molecule has 1 aliphatic carbocycles. The van der Waals surface area contributed by atoms with Gasteiger partial charge in [-0.25, -0.2) is 9.78 Å². The van der Waals surface area contributed by atoms with Crippen molar-refractivity contribution in [1.29, 1.82) is 5.26 Å². The molecular weight excluding hydrogens is 520 g/mol. The third kappa shape index (κ3) is 5.64. The fourth-order valence-corrected chi connectivity index (χ4v) is 5.88. The van der Waals surface area contributed by atoms with E-state index in [0.717, 1.165) is 25.1 Å². The van der Waals surface area contributed by atoms with Crippen LogP contribution in [0.5, 0.6) is 5.75 Å². The number of pyridine rings is 1. The van der Waals surface area contributed by atoms with Gasteiger partial charge in [0.05, 0.1) is 18.0 Å². The second kappa shape index (κ2) is 11.9. The number of piperazine rings is 1. The molecular formula is C31H38N6O4. The van der Waals surface area contributed by atoms with Crippen molar-refractivity contribution in [3.05, 3.63) is 58.1 Å². The number of carbonyl (C=O) groups excluding carboxylic acids is 1. The van der Waals surface area contributed by atoms with Crippen LogP contribution in [0.2, 0.25) is 0 Å². The summed E-state index contributed by atoms with van der Waals surface area (Å²) < 4.78 is 12.6. The minimum absolute atomic E-state index is 0.113. The number of fused-ring (bicyclic) bond motifs is 1. The largest absolute Gasteiger partial charge is 0.490 e. The maximum atomic E-state index is 12.8. The van der Waals surface area contributed by atoms with Crippen LogP contribution >= 0.6 is 0 Å². The molecule has 10 nitrogen and oxygen atoms in total. The third-order valence-electron chi connectivity index (χ3n) is 8.47. The molecule has 1 unspecified atom stereocenters. The lowest BCUT2D eigenvalue weighted by atomic mass is 9.97. The van der Waals surface area contributed by atoms with Crippen LogP contribution in [0.25, 0.3) is 11.0 Å². The summed E-state index contributed by atoms with van der Waals surface area (Å²) in [4.78, 5) is 38.5. The molecule has 3 heterocycles. The highest BCUT2D eigenvalue weighted by Crippen LogP contribution is 2.37. The predicted octanol–water partition coefficient (Wildman–Crippen LogP) is 3.97. The Kier molecular flexibility index (Phi) is 8.27. The monoisotopic (exact) mass is 558 g/mol. The normalized spacial score (nSPS) is 23.2. The molecule has 1 aromatic carbocycles. The highest BCUT2D eigenvalue weighted by molar-refractivity contribution is 5.86. The molecule has 1 saturated heterocycles. The van der Waals surface area contributed by atoms with E-state index in [0.29, 0.717) is 42.1 Å². The van der Waals surface area contributed by atoms with Gasteiger partial charge in [-0.2, -0.15) is 10.2 Å². The van der Waals surface area contributed by atoms with Crippen molar-refractivity contribution in [3.8, 4) is 11.8 Å². The van der Waals surface area contributed by atoms with E-state index in [1.165, 1.54) is 10.1 Å². The topological polar surface area (TPSA) is 114 Å². The summed E-state index contributed by atoms with van der Waals surface area (Å²) in [6, 6.07) is 14.2. The van der Waals surface area contributed by atoms with Gasteiger partial charge in [0.1, 0.15) is 29.1 Å². The Labute approximate surface area is 240 Å². The Morgan fingerprint density at radius 2 is 1.80 bits per heavy atom. The molecule has 1 saturated carbocycles.